The van der Waals surface area contributed by atoms with E-state index in [9.17, 15) is 4.79 Å². The minimum atomic E-state index is -0.468. The van der Waals surface area contributed by atoms with E-state index < -0.39 is 6.09 Å². The SMILES string of the molecule is O=C(NCCOCCOCCOCCOCCOCCOCCOCCOCCOCCOCCOCCI)OCc1ccccc1. The number of carbonyl (C=O) groups excluding carboxylic acids is 1. The second-order valence-electron chi connectivity index (χ2n) is 9.41. The summed E-state index contributed by atoms with van der Waals surface area (Å²) in [5, 5.41) is 2.64. The Labute approximate surface area is 293 Å². The molecule has 0 saturated carbocycles. The van der Waals surface area contributed by atoms with Crippen LogP contribution in [0.2, 0.25) is 0 Å². The summed E-state index contributed by atoms with van der Waals surface area (Å²) in [4.78, 5) is 11.6. The maximum atomic E-state index is 11.6. The third kappa shape index (κ3) is 34.4. The van der Waals surface area contributed by atoms with Crippen molar-refractivity contribution in [3.05, 3.63) is 35.9 Å². The highest BCUT2D eigenvalue weighted by molar-refractivity contribution is 14.1. The molecule has 0 aromatic heterocycles. The Bertz CT molecular complexity index is 770. The second-order valence-corrected chi connectivity index (χ2v) is 10.5. The predicted octanol–water partition coefficient (Wildman–Crippen LogP) is 2.53. The zero-order chi connectivity index (χ0) is 33.6. The molecule has 0 aliphatic carbocycles. The van der Waals surface area contributed by atoms with E-state index >= 15 is 0 Å². The molecule has 0 aliphatic rings. The summed E-state index contributed by atoms with van der Waals surface area (Å²) in [5.74, 6) is 0. The number of benzene rings is 1. The number of carbonyl (C=O) groups is 1. The maximum absolute atomic E-state index is 11.6. The molecule has 274 valence electrons. The van der Waals surface area contributed by atoms with E-state index in [1.54, 1.807) is 0 Å². The minimum Gasteiger partial charge on any atom is -0.445 e. The smallest absolute Gasteiger partial charge is 0.407 e. The lowest BCUT2D eigenvalue weighted by atomic mass is 10.2. The number of ether oxygens (including phenoxy) is 12. The van der Waals surface area contributed by atoms with Crippen molar-refractivity contribution in [1.29, 1.82) is 0 Å². The Balaban J connectivity index is 1.63. The zero-order valence-electron chi connectivity index (χ0n) is 27.7. The van der Waals surface area contributed by atoms with Crippen molar-refractivity contribution in [3.8, 4) is 0 Å². The van der Waals surface area contributed by atoms with Gasteiger partial charge in [0, 0.05) is 11.0 Å². The molecule has 0 atom stereocenters. The minimum absolute atomic E-state index is 0.238. The van der Waals surface area contributed by atoms with E-state index in [0.717, 1.165) is 16.6 Å². The number of hydrogen-bond acceptors (Lipinski definition) is 13. The largest absolute Gasteiger partial charge is 0.445 e. The van der Waals surface area contributed by atoms with Crippen molar-refractivity contribution in [2.75, 3.05) is 156 Å². The van der Waals surface area contributed by atoms with E-state index in [1.165, 1.54) is 0 Å². The summed E-state index contributed by atoms with van der Waals surface area (Å²) in [6.07, 6.45) is -0.468. The van der Waals surface area contributed by atoms with Gasteiger partial charge in [-0.25, -0.2) is 4.79 Å². The summed E-state index contributed by atoms with van der Waals surface area (Å²) in [5.41, 5.74) is 0.938. The van der Waals surface area contributed by atoms with E-state index in [-0.39, 0.29) is 6.61 Å². The van der Waals surface area contributed by atoms with Gasteiger partial charge in [0.05, 0.1) is 145 Å². The number of amides is 1. The number of hydrogen-bond donors (Lipinski definition) is 1. The molecule has 47 heavy (non-hydrogen) atoms. The van der Waals surface area contributed by atoms with Crippen LogP contribution < -0.4 is 5.32 Å². The van der Waals surface area contributed by atoms with Gasteiger partial charge in [0.15, 0.2) is 0 Å². The van der Waals surface area contributed by atoms with Crippen LogP contribution in [0.5, 0.6) is 0 Å². The first kappa shape index (κ1) is 43.8. The fraction of sp³-hybridized carbons (Fsp3) is 0.781. The highest BCUT2D eigenvalue weighted by atomic mass is 127. The number of halogens is 1. The molecule has 1 N–H and O–H groups in total. The van der Waals surface area contributed by atoms with Gasteiger partial charge in [0.25, 0.3) is 0 Å². The molecule has 1 rings (SSSR count). The van der Waals surface area contributed by atoms with Crippen LogP contribution >= 0.6 is 22.6 Å². The van der Waals surface area contributed by atoms with Crippen molar-refractivity contribution in [2.24, 2.45) is 0 Å². The summed E-state index contributed by atoms with van der Waals surface area (Å²) in [6, 6.07) is 9.51. The Morgan fingerprint density at radius 1 is 0.447 bits per heavy atom. The lowest BCUT2D eigenvalue weighted by Gasteiger charge is -2.09. The van der Waals surface area contributed by atoms with Crippen LogP contribution in [0.4, 0.5) is 4.79 Å². The summed E-state index contributed by atoms with van der Waals surface area (Å²) in [6.45, 7) is 12.0. The lowest BCUT2D eigenvalue weighted by molar-refractivity contribution is -0.0273. The summed E-state index contributed by atoms with van der Waals surface area (Å²) >= 11 is 2.28. The van der Waals surface area contributed by atoms with Gasteiger partial charge < -0.3 is 62.2 Å². The molecule has 1 amide bonds. The molecule has 1 aromatic rings. The quantitative estimate of drug-likeness (QED) is 0.0601. The zero-order valence-corrected chi connectivity index (χ0v) is 29.9. The maximum Gasteiger partial charge on any atom is 0.407 e. The Morgan fingerprint density at radius 2 is 0.745 bits per heavy atom. The van der Waals surface area contributed by atoms with Gasteiger partial charge in [-0.3, -0.25) is 0 Å². The third-order valence-electron chi connectivity index (χ3n) is 5.67. The molecule has 14 nitrogen and oxygen atoms in total. The van der Waals surface area contributed by atoms with Gasteiger partial charge in [0.1, 0.15) is 6.61 Å². The van der Waals surface area contributed by atoms with Crippen LogP contribution in [0, 0.1) is 0 Å². The van der Waals surface area contributed by atoms with Crippen molar-refractivity contribution in [1.82, 2.24) is 5.32 Å². The first-order valence-corrected chi connectivity index (χ1v) is 17.7. The van der Waals surface area contributed by atoms with E-state index in [2.05, 4.69) is 27.9 Å². The van der Waals surface area contributed by atoms with Crippen LogP contribution in [-0.2, 0) is 63.4 Å². The molecule has 15 heteroatoms. The molecular weight excluding hydrogens is 733 g/mol. The van der Waals surface area contributed by atoms with Gasteiger partial charge >= 0.3 is 6.09 Å². The highest BCUT2D eigenvalue weighted by Gasteiger charge is 2.02. The summed E-state index contributed by atoms with van der Waals surface area (Å²) in [7, 11) is 0. The van der Waals surface area contributed by atoms with Gasteiger partial charge in [-0.15, -0.1) is 0 Å². The van der Waals surface area contributed by atoms with Crippen LogP contribution in [-0.4, -0.2) is 162 Å². The van der Waals surface area contributed by atoms with Crippen molar-refractivity contribution in [2.45, 2.75) is 6.61 Å². The van der Waals surface area contributed by atoms with E-state index in [1.807, 2.05) is 30.3 Å². The van der Waals surface area contributed by atoms with Crippen molar-refractivity contribution >= 4 is 28.7 Å². The molecule has 0 saturated heterocycles. The average molecular weight is 790 g/mol. The van der Waals surface area contributed by atoms with Crippen LogP contribution in [0.1, 0.15) is 5.56 Å². The van der Waals surface area contributed by atoms with E-state index in [4.69, 9.17) is 56.8 Å². The molecule has 1 aromatic carbocycles. The van der Waals surface area contributed by atoms with Crippen molar-refractivity contribution in [3.63, 3.8) is 0 Å². The highest BCUT2D eigenvalue weighted by Crippen LogP contribution is 2.00. The van der Waals surface area contributed by atoms with Crippen LogP contribution in [0.15, 0.2) is 30.3 Å². The monoisotopic (exact) mass is 789 g/mol. The molecule has 0 spiro atoms. The molecule has 0 heterocycles. The van der Waals surface area contributed by atoms with Crippen molar-refractivity contribution < 1.29 is 61.6 Å². The fourth-order valence-electron chi connectivity index (χ4n) is 3.36. The Morgan fingerprint density at radius 3 is 1.06 bits per heavy atom. The third-order valence-corrected chi connectivity index (χ3v) is 6.11. The fourth-order valence-corrected chi connectivity index (χ4v) is 3.67. The number of alkyl halides is 1. The van der Waals surface area contributed by atoms with Gasteiger partial charge in [0.2, 0.25) is 0 Å². The van der Waals surface area contributed by atoms with Gasteiger partial charge in [-0.05, 0) is 5.56 Å². The lowest BCUT2D eigenvalue weighted by Crippen LogP contribution is -2.28. The number of nitrogens with one attached hydrogen (secondary N) is 1. The van der Waals surface area contributed by atoms with Crippen LogP contribution in [0.25, 0.3) is 0 Å². The Hall–Kier alpha value is -1.22. The summed E-state index contributed by atoms with van der Waals surface area (Å²) < 4.78 is 66.0. The molecular formula is C32H56INO13. The molecule has 0 bridgehead atoms. The molecule has 0 fully saturated rings. The second kappa shape index (κ2) is 37.6. The van der Waals surface area contributed by atoms with Gasteiger partial charge in [-0.2, -0.15) is 0 Å². The molecule has 0 radical (unpaired) electrons. The topological polar surface area (TPSA) is 140 Å². The first-order valence-electron chi connectivity index (χ1n) is 16.2. The normalized spacial score (nSPS) is 11.3. The number of alkyl carbamates (subject to hydrolysis) is 1. The molecule has 0 unspecified atom stereocenters. The number of rotatable bonds is 37. The van der Waals surface area contributed by atoms with Crippen LogP contribution in [0.3, 0.4) is 0 Å². The standard InChI is InChI=1S/C32H56INO13/c33-6-8-36-10-12-38-14-16-40-18-20-42-22-24-44-26-28-46-29-27-45-25-23-43-21-19-41-17-15-39-13-11-37-9-7-34-32(35)47-30-31-4-2-1-3-5-31/h1-5H,6-30H2,(H,34,35). The Kier molecular flexibility index (Phi) is 35.0. The first-order chi connectivity index (χ1) is 23.3. The van der Waals surface area contributed by atoms with E-state index in [0.29, 0.717) is 145 Å². The average Bonchev–Trinajstić information content (AvgIpc) is 3.09. The molecule has 0 aliphatic heterocycles. The van der Waals surface area contributed by atoms with Gasteiger partial charge in [-0.1, -0.05) is 52.9 Å². The predicted molar refractivity (Wildman–Crippen MR) is 183 cm³/mol.